The maximum Gasteiger partial charge on any atom is 0.266 e. The molecule has 0 saturated carbocycles. The number of carbonyl (C=O) groups excluding carboxylic acids is 1. The van der Waals surface area contributed by atoms with Crippen LogP contribution in [-0.2, 0) is 4.79 Å². The highest BCUT2D eigenvalue weighted by Crippen LogP contribution is 2.34. The van der Waals surface area contributed by atoms with Crippen LogP contribution in [0.15, 0.2) is 27.6 Å². The van der Waals surface area contributed by atoms with Crippen LogP contribution in [0.4, 0.5) is 0 Å². The molecular weight excluding hydrogens is 382 g/mol. The monoisotopic (exact) mass is 399 g/mol. The van der Waals surface area contributed by atoms with Crippen molar-refractivity contribution in [2.75, 3.05) is 6.54 Å². The molecule has 1 fully saturated rings. The number of carbonyl (C=O) groups is 1. The molecule has 0 radical (unpaired) electrons. The normalized spacial score (nSPS) is 18.2. The molecule has 1 atom stereocenters. The standard InChI is InChI=1S/C16H18BrNO2S2/c1-4-10(3)20-13-7-6-11(8-12(13)17)9-14-15(19)18(5-2)16(21)22-14/h6-10H,4-5H2,1-3H3/b14-9-/t10-/m0/s1. The molecule has 1 amide bonds. The van der Waals surface area contributed by atoms with Crippen LogP contribution in [0.1, 0.15) is 32.8 Å². The van der Waals surface area contributed by atoms with Crippen LogP contribution in [-0.4, -0.2) is 27.8 Å². The lowest BCUT2D eigenvalue weighted by Gasteiger charge is -2.14. The first-order chi connectivity index (χ1) is 10.5. The molecule has 0 bridgehead atoms. The summed E-state index contributed by atoms with van der Waals surface area (Å²) in [6, 6.07) is 5.82. The topological polar surface area (TPSA) is 29.5 Å². The van der Waals surface area contributed by atoms with Gasteiger partial charge in [-0.25, -0.2) is 0 Å². The molecule has 0 aromatic heterocycles. The number of hydrogen-bond donors (Lipinski definition) is 0. The number of thioether (sulfide) groups is 1. The van der Waals surface area contributed by atoms with Gasteiger partial charge in [-0.2, -0.15) is 0 Å². The molecule has 0 spiro atoms. The lowest BCUT2D eigenvalue weighted by molar-refractivity contribution is -0.121. The highest BCUT2D eigenvalue weighted by molar-refractivity contribution is 9.10. The third kappa shape index (κ3) is 3.91. The van der Waals surface area contributed by atoms with Gasteiger partial charge in [0.05, 0.1) is 15.5 Å². The minimum atomic E-state index is -0.0199. The Kier molecular flexibility index (Phi) is 6.06. The molecule has 0 aliphatic carbocycles. The number of hydrogen-bond acceptors (Lipinski definition) is 4. The van der Waals surface area contributed by atoms with Crippen molar-refractivity contribution >= 4 is 56.2 Å². The number of thiocarbonyl (C=S) groups is 1. The van der Waals surface area contributed by atoms with Crippen LogP contribution in [0, 0.1) is 0 Å². The summed E-state index contributed by atoms with van der Waals surface area (Å²) < 4.78 is 7.33. The SMILES string of the molecule is CC[C@H](C)Oc1ccc(/C=C2\SC(=S)N(CC)C2=O)cc1Br. The number of amides is 1. The van der Waals surface area contributed by atoms with Crippen LogP contribution in [0.3, 0.4) is 0 Å². The average molecular weight is 400 g/mol. The third-order valence-corrected chi connectivity index (χ3v) is 5.34. The molecule has 6 heteroatoms. The number of benzene rings is 1. The summed E-state index contributed by atoms with van der Waals surface area (Å²) in [5, 5.41) is 0. The van der Waals surface area contributed by atoms with E-state index >= 15 is 0 Å². The lowest BCUT2D eigenvalue weighted by atomic mass is 10.2. The van der Waals surface area contributed by atoms with E-state index < -0.39 is 0 Å². The number of halogens is 1. The van der Waals surface area contributed by atoms with Crippen LogP contribution < -0.4 is 4.74 Å². The summed E-state index contributed by atoms with van der Waals surface area (Å²) in [6.07, 6.45) is 2.99. The Balaban J connectivity index is 2.21. The zero-order valence-electron chi connectivity index (χ0n) is 12.8. The smallest absolute Gasteiger partial charge is 0.266 e. The van der Waals surface area contributed by atoms with Gasteiger partial charge in [0.25, 0.3) is 5.91 Å². The summed E-state index contributed by atoms with van der Waals surface area (Å²) in [5.41, 5.74) is 0.944. The summed E-state index contributed by atoms with van der Waals surface area (Å²) in [6.45, 7) is 6.65. The van der Waals surface area contributed by atoms with Crippen molar-refractivity contribution in [3.63, 3.8) is 0 Å². The van der Waals surface area contributed by atoms with Crippen molar-refractivity contribution < 1.29 is 9.53 Å². The Bertz CT molecular complexity index is 631. The van der Waals surface area contributed by atoms with E-state index in [2.05, 4.69) is 22.9 Å². The summed E-state index contributed by atoms with van der Waals surface area (Å²) in [7, 11) is 0. The number of rotatable bonds is 5. The molecule has 0 N–H and O–H groups in total. The first kappa shape index (κ1) is 17.5. The lowest BCUT2D eigenvalue weighted by Crippen LogP contribution is -2.27. The maximum atomic E-state index is 12.2. The first-order valence-electron chi connectivity index (χ1n) is 7.17. The molecule has 1 saturated heterocycles. The fourth-order valence-electron chi connectivity index (χ4n) is 1.93. The quantitative estimate of drug-likeness (QED) is 0.522. The number of nitrogens with zero attached hydrogens (tertiary/aromatic N) is 1. The van der Waals surface area contributed by atoms with E-state index in [4.69, 9.17) is 17.0 Å². The Hall–Kier alpha value is -0.850. The van der Waals surface area contributed by atoms with Gasteiger partial charge in [-0.3, -0.25) is 9.69 Å². The van der Waals surface area contributed by atoms with Gasteiger partial charge in [0.2, 0.25) is 0 Å². The molecule has 1 heterocycles. The van der Waals surface area contributed by atoms with Crippen molar-refractivity contribution in [3.8, 4) is 5.75 Å². The van der Waals surface area contributed by atoms with Gasteiger partial charge in [0.15, 0.2) is 0 Å². The largest absolute Gasteiger partial charge is 0.490 e. The van der Waals surface area contributed by atoms with E-state index in [0.29, 0.717) is 15.8 Å². The van der Waals surface area contributed by atoms with Crippen LogP contribution in [0.5, 0.6) is 5.75 Å². The zero-order valence-corrected chi connectivity index (χ0v) is 16.0. The minimum Gasteiger partial charge on any atom is -0.490 e. The van der Waals surface area contributed by atoms with E-state index in [-0.39, 0.29) is 12.0 Å². The summed E-state index contributed by atoms with van der Waals surface area (Å²) in [4.78, 5) is 14.5. The van der Waals surface area contributed by atoms with E-state index in [1.54, 1.807) is 4.90 Å². The van der Waals surface area contributed by atoms with Gasteiger partial charge < -0.3 is 4.74 Å². The minimum absolute atomic E-state index is 0.0199. The van der Waals surface area contributed by atoms with Gasteiger partial charge >= 0.3 is 0 Å². The Morgan fingerprint density at radius 2 is 2.18 bits per heavy atom. The Morgan fingerprint density at radius 1 is 1.45 bits per heavy atom. The van der Waals surface area contributed by atoms with Gasteiger partial charge in [-0.15, -0.1) is 0 Å². The van der Waals surface area contributed by atoms with Gasteiger partial charge in [0.1, 0.15) is 10.1 Å². The Morgan fingerprint density at radius 3 is 2.73 bits per heavy atom. The summed E-state index contributed by atoms with van der Waals surface area (Å²) >= 11 is 10.1. The molecule has 3 nitrogen and oxygen atoms in total. The second-order valence-electron chi connectivity index (χ2n) is 4.95. The number of ether oxygens (including phenoxy) is 1. The van der Waals surface area contributed by atoms with Crippen molar-refractivity contribution in [1.82, 2.24) is 4.90 Å². The molecule has 118 valence electrons. The second kappa shape index (κ2) is 7.62. The fourth-order valence-corrected chi connectivity index (χ4v) is 3.80. The van der Waals surface area contributed by atoms with Gasteiger partial charge in [0, 0.05) is 6.54 Å². The second-order valence-corrected chi connectivity index (χ2v) is 7.48. The van der Waals surface area contributed by atoms with Crippen molar-refractivity contribution in [3.05, 3.63) is 33.1 Å². The van der Waals surface area contributed by atoms with Crippen molar-refractivity contribution in [2.24, 2.45) is 0 Å². The highest BCUT2D eigenvalue weighted by atomic mass is 79.9. The summed E-state index contributed by atoms with van der Waals surface area (Å²) in [5.74, 6) is 0.793. The number of likely N-dealkylation sites (N-methyl/N-ethyl adjacent to an activating group) is 1. The molecular formula is C16H18BrNO2S2. The third-order valence-electron chi connectivity index (χ3n) is 3.35. The van der Waals surface area contributed by atoms with Gasteiger partial charge in [-0.1, -0.05) is 37.0 Å². The first-order valence-corrected chi connectivity index (χ1v) is 9.19. The molecule has 1 aliphatic rings. The molecule has 0 unspecified atom stereocenters. The predicted octanol–water partition coefficient (Wildman–Crippen LogP) is 4.85. The fraction of sp³-hybridized carbons (Fsp3) is 0.375. The van der Waals surface area contributed by atoms with E-state index in [9.17, 15) is 4.79 Å². The highest BCUT2D eigenvalue weighted by Gasteiger charge is 2.30. The predicted molar refractivity (Wildman–Crippen MR) is 100 cm³/mol. The van der Waals surface area contributed by atoms with E-state index in [0.717, 1.165) is 22.2 Å². The Labute approximate surface area is 149 Å². The van der Waals surface area contributed by atoms with Gasteiger partial charge in [-0.05, 0) is 60.0 Å². The average Bonchev–Trinajstić information content (AvgIpc) is 2.75. The zero-order chi connectivity index (χ0) is 16.3. The molecule has 1 aromatic carbocycles. The van der Waals surface area contributed by atoms with Crippen molar-refractivity contribution in [2.45, 2.75) is 33.3 Å². The van der Waals surface area contributed by atoms with E-state index in [1.165, 1.54) is 11.8 Å². The van der Waals surface area contributed by atoms with Crippen LogP contribution in [0.2, 0.25) is 0 Å². The molecule has 1 aliphatic heterocycles. The van der Waals surface area contributed by atoms with Crippen LogP contribution >= 0.6 is 39.9 Å². The van der Waals surface area contributed by atoms with E-state index in [1.807, 2.05) is 38.1 Å². The van der Waals surface area contributed by atoms with Crippen molar-refractivity contribution in [1.29, 1.82) is 0 Å². The molecule has 1 aromatic rings. The molecule has 22 heavy (non-hydrogen) atoms. The molecule has 2 rings (SSSR count). The van der Waals surface area contributed by atoms with Crippen LogP contribution in [0.25, 0.3) is 6.08 Å². The maximum absolute atomic E-state index is 12.2.